The third-order valence-electron chi connectivity index (χ3n) is 6.33. The van der Waals surface area contributed by atoms with Crippen LogP contribution in [0.1, 0.15) is 37.0 Å². The number of hydrogen-bond acceptors (Lipinski definition) is 4. The molecule has 3 aromatic carbocycles. The lowest BCUT2D eigenvalue weighted by Gasteiger charge is -2.33. The van der Waals surface area contributed by atoms with E-state index in [0.717, 1.165) is 21.0 Å². The molecule has 7 nitrogen and oxygen atoms in total. The Hall–Kier alpha value is -3.07. The Balaban J connectivity index is 2.08. The van der Waals surface area contributed by atoms with Crippen LogP contribution in [0.5, 0.6) is 0 Å². The van der Waals surface area contributed by atoms with Crippen molar-refractivity contribution in [2.24, 2.45) is 0 Å². The normalized spacial score (nSPS) is 12.1. The fourth-order valence-electron chi connectivity index (χ4n) is 4.10. The lowest BCUT2D eigenvalue weighted by atomic mass is 10.1. The van der Waals surface area contributed by atoms with E-state index >= 15 is 0 Å². The van der Waals surface area contributed by atoms with E-state index in [9.17, 15) is 18.0 Å². The van der Waals surface area contributed by atoms with Gasteiger partial charge in [0.25, 0.3) is 10.0 Å². The number of halogens is 2. The number of nitrogens with zero attached hydrogens (tertiary/aromatic N) is 2. The van der Waals surface area contributed by atoms with Gasteiger partial charge in [-0.25, -0.2) is 8.42 Å². The molecule has 0 saturated heterocycles. The maximum absolute atomic E-state index is 14.0. The monoisotopic (exact) mass is 589 g/mol. The molecule has 0 spiro atoms. The Kier molecular flexibility index (Phi) is 10.4. The van der Waals surface area contributed by atoms with Gasteiger partial charge in [0.15, 0.2) is 0 Å². The highest BCUT2D eigenvalue weighted by Crippen LogP contribution is 2.29. The van der Waals surface area contributed by atoms with E-state index < -0.39 is 28.5 Å². The zero-order valence-corrected chi connectivity index (χ0v) is 24.8. The van der Waals surface area contributed by atoms with Gasteiger partial charge in [0.05, 0.1) is 10.6 Å². The number of likely N-dealkylation sites (N-methyl/N-ethyl adjacent to an activating group) is 1. The maximum atomic E-state index is 14.0. The smallest absolute Gasteiger partial charge is 0.264 e. The number of hydrogen-bond donors (Lipinski definition) is 1. The average molecular weight is 591 g/mol. The van der Waals surface area contributed by atoms with Crippen LogP contribution in [0.2, 0.25) is 10.0 Å². The van der Waals surface area contributed by atoms with Gasteiger partial charge >= 0.3 is 0 Å². The van der Waals surface area contributed by atoms with E-state index in [1.165, 1.54) is 23.1 Å². The Morgan fingerprint density at radius 2 is 1.56 bits per heavy atom. The SMILES string of the molecule is CCNC(=O)[C@H](CC)N(Cc1ccc(Cl)cc1)C(=O)CN(c1ccc(C)c(Cl)c1)S(=O)(=O)c1ccc(C)cc1. The number of carbonyl (C=O) groups is 2. The van der Waals surface area contributed by atoms with Crippen LogP contribution < -0.4 is 9.62 Å². The first-order valence-corrected chi connectivity index (χ1v) is 14.8. The molecule has 208 valence electrons. The molecule has 0 radical (unpaired) electrons. The van der Waals surface area contributed by atoms with E-state index in [4.69, 9.17) is 23.2 Å². The van der Waals surface area contributed by atoms with Gasteiger partial charge in [-0.15, -0.1) is 0 Å². The summed E-state index contributed by atoms with van der Waals surface area (Å²) >= 11 is 12.4. The molecule has 0 aliphatic carbocycles. The van der Waals surface area contributed by atoms with Gasteiger partial charge in [0.1, 0.15) is 12.6 Å². The molecule has 0 unspecified atom stereocenters. The van der Waals surface area contributed by atoms with Crippen molar-refractivity contribution in [3.8, 4) is 0 Å². The fraction of sp³-hybridized carbons (Fsp3) is 0.310. The highest BCUT2D eigenvalue weighted by molar-refractivity contribution is 7.92. The van der Waals surface area contributed by atoms with Gasteiger partial charge in [0.2, 0.25) is 11.8 Å². The van der Waals surface area contributed by atoms with Crippen LogP contribution >= 0.6 is 23.2 Å². The van der Waals surface area contributed by atoms with Crippen molar-refractivity contribution in [1.82, 2.24) is 10.2 Å². The first-order valence-electron chi connectivity index (χ1n) is 12.6. The maximum Gasteiger partial charge on any atom is 0.264 e. The van der Waals surface area contributed by atoms with Gasteiger partial charge in [-0.05, 0) is 74.7 Å². The number of amides is 2. The number of aryl methyl sites for hydroxylation is 2. The molecular weight excluding hydrogens is 557 g/mol. The highest BCUT2D eigenvalue weighted by atomic mass is 35.5. The van der Waals surface area contributed by atoms with Gasteiger partial charge in [-0.3, -0.25) is 13.9 Å². The first-order chi connectivity index (χ1) is 18.5. The molecule has 3 aromatic rings. The molecule has 1 N–H and O–H groups in total. The predicted molar refractivity (Wildman–Crippen MR) is 157 cm³/mol. The second-order valence-corrected chi connectivity index (χ2v) is 11.9. The van der Waals surface area contributed by atoms with Crippen molar-refractivity contribution in [3.05, 3.63) is 93.5 Å². The number of carbonyl (C=O) groups excluding carboxylic acids is 2. The van der Waals surface area contributed by atoms with Crippen LogP contribution in [0, 0.1) is 13.8 Å². The van der Waals surface area contributed by atoms with Crippen molar-refractivity contribution in [2.75, 3.05) is 17.4 Å². The third kappa shape index (κ3) is 7.53. The summed E-state index contributed by atoms with van der Waals surface area (Å²) in [6, 6.07) is 17.4. The van der Waals surface area contributed by atoms with Crippen LogP contribution in [0.4, 0.5) is 5.69 Å². The molecule has 3 rings (SSSR count). The fourth-order valence-corrected chi connectivity index (χ4v) is 5.81. The Morgan fingerprint density at radius 3 is 2.13 bits per heavy atom. The van der Waals surface area contributed by atoms with Crippen molar-refractivity contribution in [2.45, 2.75) is 51.6 Å². The Labute approximate surface area is 240 Å². The van der Waals surface area contributed by atoms with Gasteiger partial charge in [-0.1, -0.05) is 66.0 Å². The summed E-state index contributed by atoms with van der Waals surface area (Å²) in [5.74, 6) is -0.843. The molecule has 0 bridgehead atoms. The summed E-state index contributed by atoms with van der Waals surface area (Å²) in [6.45, 7) is 7.24. The molecule has 0 saturated carbocycles. The van der Waals surface area contributed by atoms with Gasteiger partial charge in [0, 0.05) is 23.1 Å². The minimum Gasteiger partial charge on any atom is -0.355 e. The Morgan fingerprint density at radius 1 is 0.923 bits per heavy atom. The molecule has 10 heteroatoms. The molecule has 0 aliphatic rings. The van der Waals surface area contributed by atoms with E-state index in [1.54, 1.807) is 55.5 Å². The summed E-state index contributed by atoms with van der Waals surface area (Å²) in [4.78, 5) is 28.4. The molecule has 0 aromatic heterocycles. The second-order valence-electron chi connectivity index (χ2n) is 9.22. The number of rotatable bonds is 11. The zero-order valence-electron chi connectivity index (χ0n) is 22.4. The summed E-state index contributed by atoms with van der Waals surface area (Å²) in [5.41, 5.74) is 2.67. The zero-order chi connectivity index (χ0) is 28.7. The van der Waals surface area contributed by atoms with Crippen LogP contribution in [0.15, 0.2) is 71.6 Å². The average Bonchev–Trinajstić information content (AvgIpc) is 2.90. The molecule has 0 fully saturated rings. The van der Waals surface area contributed by atoms with Crippen LogP contribution in [0.25, 0.3) is 0 Å². The summed E-state index contributed by atoms with van der Waals surface area (Å²) < 4.78 is 28.8. The quantitative estimate of drug-likeness (QED) is 0.308. The highest BCUT2D eigenvalue weighted by Gasteiger charge is 2.33. The third-order valence-corrected chi connectivity index (χ3v) is 8.78. The topological polar surface area (TPSA) is 86.8 Å². The number of sulfonamides is 1. The minimum atomic E-state index is -4.16. The lowest BCUT2D eigenvalue weighted by molar-refractivity contribution is -0.140. The minimum absolute atomic E-state index is 0.0395. The number of benzene rings is 3. The molecule has 39 heavy (non-hydrogen) atoms. The van der Waals surface area contributed by atoms with Crippen molar-refractivity contribution < 1.29 is 18.0 Å². The number of nitrogens with one attached hydrogen (secondary N) is 1. The van der Waals surface area contributed by atoms with Crippen molar-refractivity contribution >= 4 is 50.7 Å². The van der Waals surface area contributed by atoms with Crippen LogP contribution in [-0.4, -0.2) is 44.3 Å². The van der Waals surface area contributed by atoms with E-state index in [2.05, 4.69) is 5.32 Å². The van der Waals surface area contributed by atoms with Crippen LogP contribution in [-0.2, 0) is 26.2 Å². The molecule has 2 amide bonds. The van der Waals surface area contributed by atoms with E-state index in [0.29, 0.717) is 23.0 Å². The predicted octanol–water partition coefficient (Wildman–Crippen LogP) is 5.75. The lowest BCUT2D eigenvalue weighted by Crippen LogP contribution is -2.52. The number of anilines is 1. The van der Waals surface area contributed by atoms with Crippen molar-refractivity contribution in [1.29, 1.82) is 0 Å². The summed E-state index contributed by atoms with van der Waals surface area (Å²) in [6.07, 6.45) is 0.340. The molecule has 1 atom stereocenters. The van der Waals surface area contributed by atoms with E-state index in [1.807, 2.05) is 20.8 Å². The molecule has 0 heterocycles. The second kappa shape index (κ2) is 13.3. The van der Waals surface area contributed by atoms with Crippen LogP contribution in [0.3, 0.4) is 0 Å². The van der Waals surface area contributed by atoms with Gasteiger partial charge in [-0.2, -0.15) is 0 Å². The summed E-state index contributed by atoms with van der Waals surface area (Å²) in [5, 5.41) is 3.70. The van der Waals surface area contributed by atoms with Crippen molar-refractivity contribution in [3.63, 3.8) is 0 Å². The van der Waals surface area contributed by atoms with Gasteiger partial charge < -0.3 is 10.2 Å². The standard InChI is InChI=1S/C29H33Cl2N3O4S/c1-5-27(29(36)32-6-2)33(18-22-10-12-23(30)13-11-22)28(35)19-34(24-14-9-21(4)26(31)17-24)39(37,38)25-15-7-20(3)8-16-25/h7-17,27H,5-6,18-19H2,1-4H3,(H,32,36)/t27-/m0/s1. The Bertz CT molecular complexity index is 1410. The summed E-state index contributed by atoms with van der Waals surface area (Å²) in [7, 11) is -4.16. The molecule has 0 aliphatic heterocycles. The van der Waals surface area contributed by atoms with E-state index in [-0.39, 0.29) is 23.0 Å². The first kappa shape index (κ1) is 30.5. The largest absolute Gasteiger partial charge is 0.355 e. The molecular formula is C29H33Cl2N3O4S.